The van der Waals surface area contributed by atoms with Gasteiger partial charge in [-0.15, -0.1) is 0 Å². The van der Waals surface area contributed by atoms with Gasteiger partial charge in [-0.25, -0.2) is 4.79 Å². The molecule has 0 bridgehead atoms. The number of aliphatic hydroxyl groups is 2. The molecule has 1 fully saturated rings. The molecule has 0 aliphatic carbocycles. The summed E-state index contributed by atoms with van der Waals surface area (Å²) in [4.78, 5) is 50.9. The largest absolute Gasteiger partial charge is 0.479 e. The molecule has 0 aromatic carbocycles. The van der Waals surface area contributed by atoms with Crippen LogP contribution < -0.4 is 0 Å². The normalized spacial score (nSPS) is 18.7. The predicted octanol–water partition coefficient (Wildman–Crippen LogP) is 14.5. The number of carbonyl (C=O) groups excluding carboxylic acids is 3. The smallest absolute Gasteiger partial charge is 0.335 e. The summed E-state index contributed by atoms with van der Waals surface area (Å²) >= 11 is 0. The minimum atomic E-state index is -1.90. The van der Waals surface area contributed by atoms with E-state index < -0.39 is 67.3 Å². The Morgan fingerprint density at radius 3 is 1.35 bits per heavy atom. The van der Waals surface area contributed by atoms with Crippen molar-refractivity contribution in [1.82, 2.24) is 0 Å². The highest BCUT2D eigenvalue weighted by Gasteiger charge is 2.50. The molecular formula is C59H104O12. The Bertz CT molecular complexity index is 1380. The number of carbonyl (C=O) groups is 4. The first-order chi connectivity index (χ1) is 34.6. The molecule has 1 aliphatic rings. The van der Waals surface area contributed by atoms with Crippen molar-refractivity contribution in [2.75, 3.05) is 13.2 Å². The predicted molar refractivity (Wildman–Crippen MR) is 285 cm³/mol. The lowest BCUT2D eigenvalue weighted by Gasteiger charge is -2.40. The third-order valence-electron chi connectivity index (χ3n) is 13.2. The van der Waals surface area contributed by atoms with Crippen LogP contribution >= 0.6 is 0 Å². The summed E-state index contributed by atoms with van der Waals surface area (Å²) in [5.74, 6) is -3.12. The van der Waals surface area contributed by atoms with Crippen LogP contribution in [0.3, 0.4) is 0 Å². The third kappa shape index (κ3) is 38.2. The molecule has 6 atom stereocenters. The first kappa shape index (κ1) is 66.0. The van der Waals surface area contributed by atoms with E-state index >= 15 is 0 Å². The highest BCUT2D eigenvalue weighted by atomic mass is 16.7. The SMILES string of the molecule is CCCC/C=C\CCCCCCCC(=O)OC(COC(=O)CCCCCCCCCCC/C=C\C/C=C\CCCCC)COC1OC(C(=O)O)C(O)C(O)C1OC(=O)CCCCCCCCCCCCC. The standard InChI is InChI=1S/C59H104O12/c1-4-7-10-13-16-19-22-23-24-25-26-27-28-29-32-33-36-39-42-45-51(60)67-48-50(69-52(61)46-43-40-37-34-30-20-17-14-11-8-5-2)49-68-59-57(55(64)54(63)56(71-59)58(65)66)70-53(62)47-44-41-38-35-31-21-18-15-12-9-6-3/h14,16-17,19,23-24,50,54-57,59,63-64H,4-13,15,18,20-22,25-49H2,1-3H3,(H,65,66)/b17-14-,19-16-,24-23-. The molecule has 1 rings (SSSR count). The second-order valence-electron chi connectivity index (χ2n) is 19.9. The number of carboxylic acid groups (broad SMARTS) is 1. The zero-order valence-corrected chi connectivity index (χ0v) is 45.2. The van der Waals surface area contributed by atoms with Gasteiger partial charge in [0.15, 0.2) is 24.6 Å². The molecular weight excluding hydrogens is 901 g/mol. The van der Waals surface area contributed by atoms with Crippen molar-refractivity contribution in [1.29, 1.82) is 0 Å². The summed E-state index contributed by atoms with van der Waals surface area (Å²) in [5, 5.41) is 31.4. The summed E-state index contributed by atoms with van der Waals surface area (Å²) in [7, 11) is 0. The molecule has 0 spiro atoms. The van der Waals surface area contributed by atoms with Crippen molar-refractivity contribution in [3.8, 4) is 0 Å². The quantitative estimate of drug-likeness (QED) is 0.0228. The van der Waals surface area contributed by atoms with E-state index in [0.29, 0.717) is 19.3 Å². The Morgan fingerprint density at radius 2 is 0.859 bits per heavy atom. The average Bonchev–Trinajstić information content (AvgIpc) is 3.35. The van der Waals surface area contributed by atoms with Gasteiger partial charge in [0.25, 0.3) is 0 Å². The van der Waals surface area contributed by atoms with Gasteiger partial charge in [0.05, 0.1) is 6.61 Å². The van der Waals surface area contributed by atoms with Gasteiger partial charge in [0.2, 0.25) is 0 Å². The Morgan fingerprint density at radius 1 is 0.465 bits per heavy atom. The second kappa shape index (κ2) is 47.9. The fourth-order valence-corrected chi connectivity index (χ4v) is 8.67. The molecule has 71 heavy (non-hydrogen) atoms. The van der Waals surface area contributed by atoms with Crippen molar-refractivity contribution in [3.63, 3.8) is 0 Å². The minimum absolute atomic E-state index is 0.0634. The zero-order valence-electron chi connectivity index (χ0n) is 45.2. The van der Waals surface area contributed by atoms with Gasteiger partial charge in [-0.05, 0) is 70.6 Å². The van der Waals surface area contributed by atoms with Gasteiger partial charge < -0.3 is 39.0 Å². The molecule has 0 amide bonds. The topological polar surface area (TPSA) is 175 Å². The lowest BCUT2D eigenvalue weighted by atomic mass is 9.98. The Labute approximate surface area is 431 Å². The molecule has 3 N–H and O–H groups in total. The highest BCUT2D eigenvalue weighted by Crippen LogP contribution is 2.26. The van der Waals surface area contributed by atoms with E-state index in [9.17, 15) is 34.5 Å². The number of allylic oxidation sites excluding steroid dienone is 6. The number of ether oxygens (including phenoxy) is 5. The van der Waals surface area contributed by atoms with Crippen LogP contribution in [0.5, 0.6) is 0 Å². The maximum absolute atomic E-state index is 13.1. The number of hydrogen-bond donors (Lipinski definition) is 3. The molecule has 0 aromatic heterocycles. The summed E-state index contributed by atoms with van der Waals surface area (Å²) < 4.78 is 28.4. The van der Waals surface area contributed by atoms with Crippen LogP contribution in [-0.2, 0) is 42.9 Å². The van der Waals surface area contributed by atoms with Crippen LogP contribution in [0.2, 0.25) is 0 Å². The van der Waals surface area contributed by atoms with E-state index in [-0.39, 0.29) is 25.9 Å². The summed E-state index contributed by atoms with van der Waals surface area (Å²) in [5.41, 5.74) is 0. The number of aliphatic hydroxyl groups excluding tert-OH is 2. The molecule has 0 radical (unpaired) electrons. The highest BCUT2D eigenvalue weighted by molar-refractivity contribution is 5.74. The van der Waals surface area contributed by atoms with Gasteiger partial charge in [-0.1, -0.05) is 211 Å². The van der Waals surface area contributed by atoms with Gasteiger partial charge in [-0.3, -0.25) is 14.4 Å². The lowest BCUT2D eigenvalue weighted by Crippen LogP contribution is -2.61. The van der Waals surface area contributed by atoms with Crippen LogP contribution in [0.1, 0.15) is 265 Å². The molecule has 6 unspecified atom stereocenters. The van der Waals surface area contributed by atoms with Crippen molar-refractivity contribution in [2.24, 2.45) is 0 Å². The van der Waals surface area contributed by atoms with Crippen molar-refractivity contribution >= 4 is 23.9 Å². The molecule has 1 saturated heterocycles. The molecule has 1 heterocycles. The maximum Gasteiger partial charge on any atom is 0.335 e. The van der Waals surface area contributed by atoms with Crippen LogP contribution in [-0.4, -0.2) is 89.2 Å². The van der Waals surface area contributed by atoms with E-state index in [1.165, 1.54) is 109 Å². The lowest BCUT2D eigenvalue weighted by molar-refractivity contribution is -0.301. The van der Waals surface area contributed by atoms with Crippen molar-refractivity contribution in [2.45, 2.75) is 302 Å². The van der Waals surface area contributed by atoms with E-state index in [0.717, 1.165) is 96.3 Å². The number of rotatable bonds is 49. The van der Waals surface area contributed by atoms with Crippen LogP contribution in [0.25, 0.3) is 0 Å². The molecule has 1 aliphatic heterocycles. The van der Waals surface area contributed by atoms with Crippen LogP contribution in [0, 0.1) is 0 Å². The van der Waals surface area contributed by atoms with E-state index in [1.54, 1.807) is 0 Å². The Balaban J connectivity index is 2.65. The van der Waals surface area contributed by atoms with Gasteiger partial charge in [0, 0.05) is 19.3 Å². The van der Waals surface area contributed by atoms with Crippen LogP contribution in [0.15, 0.2) is 36.5 Å². The fraction of sp³-hybridized carbons (Fsp3) is 0.831. The fourth-order valence-electron chi connectivity index (χ4n) is 8.67. The third-order valence-corrected chi connectivity index (χ3v) is 13.2. The van der Waals surface area contributed by atoms with Crippen molar-refractivity contribution < 1.29 is 58.2 Å². The number of esters is 3. The molecule has 0 saturated carbocycles. The average molecular weight is 1010 g/mol. The molecule has 0 aromatic rings. The van der Waals surface area contributed by atoms with E-state index in [4.69, 9.17) is 23.7 Å². The number of hydrogen-bond acceptors (Lipinski definition) is 11. The molecule has 412 valence electrons. The Kier molecular flexibility index (Phi) is 44.5. The zero-order chi connectivity index (χ0) is 51.8. The van der Waals surface area contributed by atoms with E-state index in [1.807, 2.05) is 0 Å². The summed E-state index contributed by atoms with van der Waals surface area (Å²) in [6.45, 7) is 5.91. The molecule has 12 nitrogen and oxygen atoms in total. The summed E-state index contributed by atoms with van der Waals surface area (Å²) in [6.07, 6.45) is 42.7. The Hall–Kier alpha value is -3.06. The van der Waals surface area contributed by atoms with Gasteiger partial charge in [-0.2, -0.15) is 0 Å². The monoisotopic (exact) mass is 1000 g/mol. The van der Waals surface area contributed by atoms with E-state index in [2.05, 4.69) is 57.2 Å². The first-order valence-corrected chi connectivity index (χ1v) is 29.0. The minimum Gasteiger partial charge on any atom is -0.479 e. The van der Waals surface area contributed by atoms with Crippen LogP contribution in [0.4, 0.5) is 0 Å². The number of aliphatic carboxylic acids is 1. The summed E-state index contributed by atoms with van der Waals surface area (Å²) in [6, 6.07) is 0. The first-order valence-electron chi connectivity index (χ1n) is 29.0. The van der Waals surface area contributed by atoms with Gasteiger partial charge in [0.1, 0.15) is 18.8 Å². The van der Waals surface area contributed by atoms with Gasteiger partial charge >= 0.3 is 23.9 Å². The number of carboxylic acids is 1. The molecule has 12 heteroatoms. The second-order valence-corrected chi connectivity index (χ2v) is 19.9. The van der Waals surface area contributed by atoms with Crippen molar-refractivity contribution in [3.05, 3.63) is 36.5 Å². The number of unbranched alkanes of at least 4 members (excludes halogenated alkanes) is 29. The maximum atomic E-state index is 13.1.